The van der Waals surface area contributed by atoms with Crippen LogP contribution >= 0.6 is 0 Å². The highest BCUT2D eigenvalue weighted by molar-refractivity contribution is 5.68. The van der Waals surface area contributed by atoms with Crippen molar-refractivity contribution in [3.63, 3.8) is 0 Å². The van der Waals surface area contributed by atoms with Crippen LogP contribution in [0.15, 0.2) is 24.8 Å². The summed E-state index contributed by atoms with van der Waals surface area (Å²) < 4.78 is 49.4. The number of halogens is 4. The van der Waals surface area contributed by atoms with Crippen molar-refractivity contribution in [2.75, 3.05) is 0 Å². The van der Waals surface area contributed by atoms with Crippen molar-refractivity contribution >= 4 is 5.57 Å². The van der Waals surface area contributed by atoms with Crippen LogP contribution in [0, 0.1) is 17.1 Å². The maximum Gasteiger partial charge on any atom is 0.416 e. The van der Waals surface area contributed by atoms with Gasteiger partial charge >= 0.3 is 6.18 Å². The van der Waals surface area contributed by atoms with E-state index >= 15 is 0 Å². The molecule has 0 saturated heterocycles. The van der Waals surface area contributed by atoms with Gasteiger partial charge in [0.25, 0.3) is 0 Å². The van der Waals surface area contributed by atoms with E-state index < -0.39 is 23.1 Å². The molecule has 1 aromatic rings. The van der Waals surface area contributed by atoms with E-state index in [9.17, 15) is 17.6 Å². The van der Waals surface area contributed by atoms with E-state index in [2.05, 4.69) is 6.58 Å². The first-order valence-electron chi connectivity index (χ1n) is 3.82. The number of nitrogens with zero attached hydrogens (tertiary/aromatic N) is 1. The van der Waals surface area contributed by atoms with E-state index in [1.165, 1.54) is 6.07 Å². The van der Waals surface area contributed by atoms with Crippen molar-refractivity contribution in [1.29, 1.82) is 5.26 Å². The average Bonchev–Trinajstić information content (AvgIpc) is 2.16. The van der Waals surface area contributed by atoms with Gasteiger partial charge in [0.05, 0.1) is 11.1 Å². The fraction of sp³-hybridized carbons (Fsp3) is 0.100. The Hall–Kier alpha value is -1.83. The molecule has 1 rings (SSSR count). The molecule has 0 atom stereocenters. The lowest BCUT2D eigenvalue weighted by molar-refractivity contribution is -0.0686. The molecule has 0 aliphatic heterocycles. The van der Waals surface area contributed by atoms with Gasteiger partial charge in [-0.3, -0.25) is 0 Å². The molecule has 0 aromatic heterocycles. The third kappa shape index (κ3) is 2.34. The molecule has 0 aliphatic carbocycles. The number of hydrogen-bond donors (Lipinski definition) is 0. The van der Waals surface area contributed by atoms with Crippen molar-refractivity contribution in [3.05, 3.63) is 41.7 Å². The fourth-order valence-corrected chi connectivity index (χ4v) is 0.962. The lowest BCUT2D eigenvalue weighted by Gasteiger charge is -2.10. The number of alkyl halides is 3. The number of allylic oxidation sites excluding steroid dienone is 1. The first-order chi connectivity index (χ1) is 6.86. The Morgan fingerprint density at radius 1 is 1.33 bits per heavy atom. The van der Waals surface area contributed by atoms with Crippen LogP contribution < -0.4 is 0 Å². The van der Waals surface area contributed by atoms with Crippen LogP contribution in [0.25, 0.3) is 5.57 Å². The molecular formula is C10H5F4N. The van der Waals surface area contributed by atoms with E-state index in [1.807, 2.05) is 0 Å². The van der Waals surface area contributed by atoms with Crippen molar-refractivity contribution < 1.29 is 17.6 Å². The standard InChI is InChI=1S/C10H5F4N/c1-6(10(12,13)14)7-2-3-9(11)8(4-7)5-15/h2-4H,1H2. The minimum atomic E-state index is -4.58. The molecular weight excluding hydrogens is 210 g/mol. The first kappa shape index (κ1) is 11.2. The zero-order valence-corrected chi connectivity index (χ0v) is 7.40. The summed E-state index contributed by atoms with van der Waals surface area (Å²) in [5, 5.41) is 8.43. The molecule has 0 amide bonds. The molecule has 1 aromatic carbocycles. The molecule has 1 nitrogen and oxygen atoms in total. The van der Waals surface area contributed by atoms with Crippen molar-refractivity contribution in [2.45, 2.75) is 6.18 Å². The van der Waals surface area contributed by atoms with Crippen LogP contribution in [0.5, 0.6) is 0 Å². The van der Waals surface area contributed by atoms with Gasteiger partial charge in [0, 0.05) is 0 Å². The second kappa shape index (κ2) is 3.73. The Balaban J connectivity index is 3.20. The Kier molecular flexibility index (Phi) is 2.80. The maximum atomic E-state index is 12.8. The molecule has 0 radical (unpaired) electrons. The van der Waals surface area contributed by atoms with Gasteiger partial charge in [0.1, 0.15) is 11.9 Å². The van der Waals surface area contributed by atoms with Crippen molar-refractivity contribution in [1.82, 2.24) is 0 Å². The highest BCUT2D eigenvalue weighted by Crippen LogP contribution is 2.32. The molecule has 0 saturated carbocycles. The fourth-order valence-electron chi connectivity index (χ4n) is 0.962. The Morgan fingerprint density at radius 3 is 2.40 bits per heavy atom. The van der Waals surface area contributed by atoms with E-state index in [4.69, 9.17) is 5.26 Å². The summed E-state index contributed by atoms with van der Waals surface area (Å²) in [4.78, 5) is 0. The van der Waals surface area contributed by atoms with Gasteiger partial charge in [-0.2, -0.15) is 18.4 Å². The summed E-state index contributed by atoms with van der Waals surface area (Å²) in [5.74, 6) is -0.851. The van der Waals surface area contributed by atoms with Gasteiger partial charge < -0.3 is 0 Å². The van der Waals surface area contributed by atoms with E-state index in [0.717, 1.165) is 18.2 Å². The molecule has 0 N–H and O–H groups in total. The van der Waals surface area contributed by atoms with E-state index in [0.29, 0.717) is 0 Å². The van der Waals surface area contributed by atoms with Crippen LogP contribution in [-0.4, -0.2) is 6.18 Å². The quantitative estimate of drug-likeness (QED) is 0.659. The normalized spacial score (nSPS) is 10.9. The van der Waals surface area contributed by atoms with Crippen LogP contribution in [0.3, 0.4) is 0 Å². The largest absolute Gasteiger partial charge is 0.416 e. The molecule has 0 fully saturated rings. The number of hydrogen-bond acceptors (Lipinski definition) is 1. The van der Waals surface area contributed by atoms with Crippen molar-refractivity contribution in [3.8, 4) is 6.07 Å². The maximum absolute atomic E-state index is 12.8. The number of benzene rings is 1. The minimum absolute atomic E-state index is 0.305. The lowest BCUT2D eigenvalue weighted by atomic mass is 10.0. The molecule has 0 unspecified atom stereocenters. The molecule has 0 bridgehead atoms. The van der Waals surface area contributed by atoms with Crippen LogP contribution in [0.4, 0.5) is 17.6 Å². The van der Waals surface area contributed by atoms with Crippen LogP contribution in [-0.2, 0) is 0 Å². The van der Waals surface area contributed by atoms with Gasteiger partial charge in [-0.1, -0.05) is 12.6 Å². The molecule has 5 heteroatoms. The zero-order chi connectivity index (χ0) is 11.6. The second-order valence-corrected chi connectivity index (χ2v) is 2.78. The molecule has 0 spiro atoms. The van der Waals surface area contributed by atoms with Crippen LogP contribution in [0.2, 0.25) is 0 Å². The van der Waals surface area contributed by atoms with E-state index in [1.54, 1.807) is 0 Å². The van der Waals surface area contributed by atoms with Gasteiger partial charge in [0.15, 0.2) is 0 Å². The smallest absolute Gasteiger partial charge is 0.206 e. The Morgan fingerprint density at radius 2 is 1.93 bits per heavy atom. The van der Waals surface area contributed by atoms with Gasteiger partial charge in [-0.15, -0.1) is 0 Å². The van der Waals surface area contributed by atoms with E-state index in [-0.39, 0.29) is 5.56 Å². The number of nitriles is 1. The summed E-state index contributed by atoms with van der Waals surface area (Å²) >= 11 is 0. The zero-order valence-electron chi connectivity index (χ0n) is 7.40. The monoisotopic (exact) mass is 215 g/mol. The highest BCUT2D eigenvalue weighted by Gasteiger charge is 2.33. The minimum Gasteiger partial charge on any atom is -0.206 e. The first-order valence-corrected chi connectivity index (χ1v) is 3.82. The predicted molar refractivity (Wildman–Crippen MR) is 46.2 cm³/mol. The van der Waals surface area contributed by atoms with Crippen molar-refractivity contribution in [2.24, 2.45) is 0 Å². The molecule has 0 aliphatic rings. The third-order valence-corrected chi connectivity index (χ3v) is 1.78. The van der Waals surface area contributed by atoms with Gasteiger partial charge in [0.2, 0.25) is 0 Å². The molecule has 15 heavy (non-hydrogen) atoms. The summed E-state index contributed by atoms with van der Waals surface area (Å²) in [7, 11) is 0. The van der Waals surface area contributed by atoms with Crippen LogP contribution in [0.1, 0.15) is 11.1 Å². The second-order valence-electron chi connectivity index (χ2n) is 2.78. The summed E-state index contributed by atoms with van der Waals surface area (Å²) in [5.41, 5.74) is -1.84. The summed E-state index contributed by atoms with van der Waals surface area (Å²) in [6, 6.07) is 4.03. The number of rotatable bonds is 1. The highest BCUT2D eigenvalue weighted by atomic mass is 19.4. The average molecular weight is 215 g/mol. The summed E-state index contributed by atoms with van der Waals surface area (Å²) in [6.07, 6.45) is -4.58. The topological polar surface area (TPSA) is 23.8 Å². The molecule has 0 heterocycles. The third-order valence-electron chi connectivity index (χ3n) is 1.78. The Bertz CT molecular complexity index is 440. The lowest BCUT2D eigenvalue weighted by Crippen LogP contribution is -2.09. The van der Waals surface area contributed by atoms with Gasteiger partial charge in [-0.05, 0) is 17.7 Å². The SMILES string of the molecule is C=C(c1ccc(F)c(C#N)c1)C(F)(F)F. The molecule has 78 valence electrons. The predicted octanol–water partition coefficient (Wildman–Crippen LogP) is 3.27. The van der Waals surface area contributed by atoms with Gasteiger partial charge in [-0.25, -0.2) is 4.39 Å². The summed E-state index contributed by atoms with van der Waals surface area (Å²) in [6.45, 7) is 2.84. The Labute approximate surface area is 83.3 Å².